The fourth-order valence-electron chi connectivity index (χ4n) is 2.76. The van der Waals surface area contributed by atoms with Gasteiger partial charge in [-0.3, -0.25) is 0 Å². The smallest absolute Gasteiger partial charge is 0.134 e. The summed E-state index contributed by atoms with van der Waals surface area (Å²) in [6.07, 6.45) is 7.13. The summed E-state index contributed by atoms with van der Waals surface area (Å²) in [6, 6.07) is 0.524. The number of hydrogen-bond donors (Lipinski definition) is 2. The molecule has 0 spiro atoms. The third-order valence-corrected chi connectivity index (χ3v) is 4.14. The fourth-order valence-corrected chi connectivity index (χ4v) is 2.76. The normalized spacial score (nSPS) is 23.3. The summed E-state index contributed by atoms with van der Waals surface area (Å²) in [5.41, 5.74) is 6.98. The average molecular weight is 262 g/mol. The number of anilines is 2. The number of nitrogen functional groups attached to an aromatic ring is 1. The van der Waals surface area contributed by atoms with E-state index in [0.717, 1.165) is 30.0 Å². The Balaban J connectivity index is 2.18. The number of aromatic nitrogens is 2. The summed E-state index contributed by atoms with van der Waals surface area (Å²) in [4.78, 5) is 9.01. The van der Waals surface area contributed by atoms with Gasteiger partial charge >= 0.3 is 0 Å². The lowest BCUT2D eigenvalue weighted by Gasteiger charge is -2.30. The van der Waals surface area contributed by atoms with Gasteiger partial charge in [-0.05, 0) is 32.1 Å². The van der Waals surface area contributed by atoms with Crippen molar-refractivity contribution in [2.75, 3.05) is 11.1 Å². The molecule has 3 N–H and O–H groups in total. The van der Waals surface area contributed by atoms with E-state index in [1.807, 2.05) is 6.92 Å². The van der Waals surface area contributed by atoms with Crippen LogP contribution in [-0.4, -0.2) is 16.0 Å². The SMILES string of the molecule is CCCc1nc(N)c(C)c(NC2CCCCC2C)n1. The average Bonchev–Trinajstić information content (AvgIpc) is 2.38. The zero-order chi connectivity index (χ0) is 13.8. The van der Waals surface area contributed by atoms with Crippen LogP contribution in [0.25, 0.3) is 0 Å². The fraction of sp³-hybridized carbons (Fsp3) is 0.733. The van der Waals surface area contributed by atoms with E-state index < -0.39 is 0 Å². The van der Waals surface area contributed by atoms with Gasteiger partial charge in [-0.15, -0.1) is 0 Å². The van der Waals surface area contributed by atoms with Crippen molar-refractivity contribution >= 4 is 11.6 Å². The molecule has 1 aromatic rings. The third-order valence-electron chi connectivity index (χ3n) is 4.14. The molecule has 1 heterocycles. The van der Waals surface area contributed by atoms with E-state index >= 15 is 0 Å². The highest BCUT2D eigenvalue weighted by atomic mass is 15.1. The summed E-state index contributed by atoms with van der Waals surface area (Å²) < 4.78 is 0. The second kappa shape index (κ2) is 6.22. The van der Waals surface area contributed by atoms with Gasteiger partial charge in [0.2, 0.25) is 0 Å². The number of nitrogens with one attached hydrogen (secondary N) is 1. The van der Waals surface area contributed by atoms with Crippen molar-refractivity contribution in [3.8, 4) is 0 Å². The van der Waals surface area contributed by atoms with E-state index in [1.54, 1.807) is 0 Å². The molecule has 1 fully saturated rings. The van der Waals surface area contributed by atoms with Crippen molar-refractivity contribution in [1.82, 2.24) is 9.97 Å². The Morgan fingerprint density at radius 1 is 1.26 bits per heavy atom. The number of nitrogens with two attached hydrogens (primary N) is 1. The molecule has 0 amide bonds. The Hall–Kier alpha value is -1.32. The third kappa shape index (κ3) is 3.37. The quantitative estimate of drug-likeness (QED) is 0.873. The molecule has 2 rings (SSSR count). The van der Waals surface area contributed by atoms with E-state index in [9.17, 15) is 0 Å². The van der Waals surface area contributed by atoms with E-state index in [-0.39, 0.29) is 0 Å². The molecule has 4 nitrogen and oxygen atoms in total. The van der Waals surface area contributed by atoms with Crippen LogP contribution in [-0.2, 0) is 6.42 Å². The van der Waals surface area contributed by atoms with Gasteiger partial charge in [-0.1, -0.05) is 26.7 Å². The summed E-state index contributed by atoms with van der Waals surface area (Å²) in [5, 5.41) is 3.61. The zero-order valence-corrected chi connectivity index (χ0v) is 12.4. The van der Waals surface area contributed by atoms with Crippen LogP contribution in [0.4, 0.5) is 11.6 Å². The molecule has 0 aromatic carbocycles. The molecule has 0 aliphatic heterocycles. The Morgan fingerprint density at radius 3 is 2.68 bits per heavy atom. The van der Waals surface area contributed by atoms with Crippen molar-refractivity contribution in [3.63, 3.8) is 0 Å². The first-order valence-electron chi connectivity index (χ1n) is 7.51. The van der Waals surface area contributed by atoms with Gasteiger partial charge in [0, 0.05) is 18.0 Å². The van der Waals surface area contributed by atoms with E-state index in [0.29, 0.717) is 17.8 Å². The minimum absolute atomic E-state index is 0.524. The van der Waals surface area contributed by atoms with Crippen molar-refractivity contribution in [3.05, 3.63) is 11.4 Å². The topological polar surface area (TPSA) is 63.8 Å². The first-order valence-corrected chi connectivity index (χ1v) is 7.51. The molecule has 1 aromatic heterocycles. The van der Waals surface area contributed by atoms with Gasteiger partial charge in [-0.25, -0.2) is 9.97 Å². The largest absolute Gasteiger partial charge is 0.383 e. The van der Waals surface area contributed by atoms with Crippen molar-refractivity contribution in [1.29, 1.82) is 0 Å². The lowest BCUT2D eigenvalue weighted by atomic mass is 9.86. The molecule has 2 atom stereocenters. The molecule has 2 unspecified atom stereocenters. The predicted molar refractivity (Wildman–Crippen MR) is 80.2 cm³/mol. The first-order chi connectivity index (χ1) is 9.11. The maximum absolute atomic E-state index is 6.00. The Bertz CT molecular complexity index is 430. The summed E-state index contributed by atoms with van der Waals surface area (Å²) >= 11 is 0. The maximum Gasteiger partial charge on any atom is 0.134 e. The highest BCUT2D eigenvalue weighted by Crippen LogP contribution is 2.28. The summed E-state index contributed by atoms with van der Waals surface area (Å²) in [5.74, 6) is 3.12. The van der Waals surface area contributed by atoms with Crippen LogP contribution in [0.2, 0.25) is 0 Å². The van der Waals surface area contributed by atoms with Crippen molar-refractivity contribution in [2.24, 2.45) is 5.92 Å². The molecule has 19 heavy (non-hydrogen) atoms. The van der Waals surface area contributed by atoms with E-state index in [2.05, 4.69) is 29.1 Å². The van der Waals surface area contributed by atoms with Crippen LogP contribution in [0, 0.1) is 12.8 Å². The van der Waals surface area contributed by atoms with Gasteiger partial charge in [0.25, 0.3) is 0 Å². The highest BCUT2D eigenvalue weighted by molar-refractivity contribution is 5.55. The molecule has 1 aliphatic carbocycles. The molecular formula is C15H26N4. The van der Waals surface area contributed by atoms with Crippen LogP contribution in [0.3, 0.4) is 0 Å². The zero-order valence-electron chi connectivity index (χ0n) is 12.4. The highest BCUT2D eigenvalue weighted by Gasteiger charge is 2.22. The minimum Gasteiger partial charge on any atom is -0.383 e. The molecule has 0 bridgehead atoms. The van der Waals surface area contributed by atoms with Crippen LogP contribution >= 0.6 is 0 Å². The number of rotatable bonds is 4. The Morgan fingerprint density at radius 2 is 2.00 bits per heavy atom. The lowest BCUT2D eigenvalue weighted by molar-refractivity contribution is 0.349. The van der Waals surface area contributed by atoms with E-state index in [1.165, 1.54) is 25.7 Å². The number of hydrogen-bond acceptors (Lipinski definition) is 4. The van der Waals surface area contributed by atoms with Crippen LogP contribution < -0.4 is 11.1 Å². The molecule has 1 aliphatic rings. The second-order valence-electron chi connectivity index (χ2n) is 5.76. The molecule has 4 heteroatoms. The van der Waals surface area contributed by atoms with E-state index in [4.69, 9.17) is 5.73 Å². The Kier molecular flexibility index (Phi) is 4.61. The van der Waals surface area contributed by atoms with Gasteiger partial charge in [0.05, 0.1) is 0 Å². The Labute approximate surface area is 116 Å². The monoisotopic (exact) mass is 262 g/mol. The second-order valence-corrected chi connectivity index (χ2v) is 5.76. The number of nitrogens with zero attached hydrogens (tertiary/aromatic N) is 2. The molecule has 106 valence electrons. The molecule has 1 saturated carbocycles. The summed E-state index contributed by atoms with van der Waals surface area (Å²) in [6.45, 7) is 6.46. The van der Waals surface area contributed by atoms with Gasteiger partial charge in [0.15, 0.2) is 0 Å². The molecule has 0 radical (unpaired) electrons. The van der Waals surface area contributed by atoms with Crippen LogP contribution in [0.15, 0.2) is 0 Å². The minimum atomic E-state index is 0.524. The van der Waals surface area contributed by atoms with Crippen molar-refractivity contribution in [2.45, 2.75) is 65.3 Å². The van der Waals surface area contributed by atoms with Gasteiger partial charge in [0.1, 0.15) is 17.5 Å². The number of aryl methyl sites for hydroxylation is 1. The molecular weight excluding hydrogens is 236 g/mol. The lowest BCUT2D eigenvalue weighted by Crippen LogP contribution is -2.31. The maximum atomic E-state index is 6.00. The standard InChI is InChI=1S/C15H26N4/c1-4-7-13-18-14(16)11(3)15(19-13)17-12-9-6-5-8-10(12)2/h10,12H,4-9H2,1-3H3,(H3,16,17,18,19). The van der Waals surface area contributed by atoms with Crippen molar-refractivity contribution < 1.29 is 0 Å². The molecule has 0 saturated heterocycles. The van der Waals surface area contributed by atoms with Crippen LogP contribution in [0.5, 0.6) is 0 Å². The summed E-state index contributed by atoms with van der Waals surface area (Å²) in [7, 11) is 0. The van der Waals surface area contributed by atoms with Gasteiger partial charge in [-0.2, -0.15) is 0 Å². The van der Waals surface area contributed by atoms with Gasteiger partial charge < -0.3 is 11.1 Å². The van der Waals surface area contributed by atoms with Crippen LogP contribution in [0.1, 0.15) is 57.3 Å². The predicted octanol–water partition coefficient (Wildman–Crippen LogP) is 3.31. The first kappa shape index (κ1) is 14.1.